The Morgan fingerprint density at radius 3 is 2.64 bits per heavy atom. The third kappa shape index (κ3) is 4.73. The van der Waals surface area contributed by atoms with Gasteiger partial charge in [-0.25, -0.2) is 0 Å². The molecule has 0 aromatic heterocycles. The highest BCUT2D eigenvalue weighted by Crippen LogP contribution is 2.24. The summed E-state index contributed by atoms with van der Waals surface area (Å²) in [5, 5.41) is 0. The summed E-state index contributed by atoms with van der Waals surface area (Å²) in [5.41, 5.74) is 1.32. The molecule has 2 saturated heterocycles. The lowest BCUT2D eigenvalue weighted by atomic mass is 9.94. The normalized spacial score (nSPS) is 23.3. The molecule has 0 bridgehead atoms. The van der Waals surface area contributed by atoms with Crippen molar-refractivity contribution in [1.29, 1.82) is 0 Å². The average Bonchev–Trinajstić information content (AvgIpc) is 2.68. The molecule has 2 aliphatic heterocycles. The van der Waals surface area contributed by atoms with Crippen LogP contribution in [0.25, 0.3) is 0 Å². The first kappa shape index (κ1) is 18.2. The Morgan fingerprint density at radius 1 is 1.24 bits per heavy atom. The van der Waals surface area contributed by atoms with E-state index in [0.29, 0.717) is 25.0 Å². The number of carbonyl (C=O) groups is 1. The molecule has 0 radical (unpaired) electrons. The van der Waals surface area contributed by atoms with Gasteiger partial charge in [0.15, 0.2) is 0 Å². The summed E-state index contributed by atoms with van der Waals surface area (Å²) in [4.78, 5) is 17.2. The predicted molar refractivity (Wildman–Crippen MR) is 98.0 cm³/mol. The summed E-state index contributed by atoms with van der Waals surface area (Å²) >= 11 is 0. The van der Waals surface area contributed by atoms with Gasteiger partial charge < -0.3 is 19.3 Å². The standard InChI is InChI=1S/C20H30N2O3/c1-16(17-5-7-19(24-2)8-6-17)14-21-9-3-4-18(15-21)20(23)22-10-12-25-13-11-22/h5-8,16,18H,3-4,9-15H2,1-2H3/t16-,18+/m1/s1. The summed E-state index contributed by atoms with van der Waals surface area (Å²) in [6.07, 6.45) is 2.12. The number of piperidine rings is 1. The molecule has 0 spiro atoms. The molecule has 2 atom stereocenters. The Balaban J connectivity index is 1.54. The van der Waals surface area contributed by atoms with Crippen LogP contribution in [0.2, 0.25) is 0 Å². The van der Waals surface area contributed by atoms with E-state index in [2.05, 4.69) is 24.0 Å². The molecule has 1 aromatic rings. The smallest absolute Gasteiger partial charge is 0.227 e. The third-order valence-corrected chi connectivity index (χ3v) is 5.39. The number of methoxy groups -OCH3 is 1. The SMILES string of the molecule is COc1ccc([C@H](C)CN2CCC[C@H](C(=O)N3CCOCC3)C2)cc1. The van der Waals surface area contributed by atoms with Gasteiger partial charge in [0.25, 0.3) is 0 Å². The van der Waals surface area contributed by atoms with E-state index in [-0.39, 0.29) is 5.92 Å². The summed E-state index contributed by atoms with van der Waals surface area (Å²) < 4.78 is 10.6. The van der Waals surface area contributed by atoms with Gasteiger partial charge in [0, 0.05) is 26.2 Å². The summed E-state index contributed by atoms with van der Waals surface area (Å²) in [6.45, 7) is 8.08. The first-order valence-corrected chi connectivity index (χ1v) is 9.40. The lowest BCUT2D eigenvalue weighted by Gasteiger charge is -2.37. The number of carbonyl (C=O) groups excluding carboxylic acids is 1. The Morgan fingerprint density at radius 2 is 1.96 bits per heavy atom. The zero-order valence-electron chi connectivity index (χ0n) is 15.4. The van der Waals surface area contributed by atoms with Crippen molar-refractivity contribution in [2.45, 2.75) is 25.7 Å². The minimum absolute atomic E-state index is 0.148. The first-order valence-electron chi connectivity index (χ1n) is 9.40. The zero-order valence-corrected chi connectivity index (χ0v) is 15.4. The van der Waals surface area contributed by atoms with Crippen LogP contribution in [-0.2, 0) is 9.53 Å². The van der Waals surface area contributed by atoms with Crippen molar-refractivity contribution in [3.05, 3.63) is 29.8 Å². The Hall–Kier alpha value is -1.59. The van der Waals surface area contributed by atoms with E-state index >= 15 is 0 Å². The second-order valence-electron chi connectivity index (χ2n) is 7.21. The van der Waals surface area contributed by atoms with Gasteiger partial charge >= 0.3 is 0 Å². The van der Waals surface area contributed by atoms with Crippen LogP contribution in [0.3, 0.4) is 0 Å². The number of likely N-dealkylation sites (tertiary alicyclic amines) is 1. The second kappa shape index (κ2) is 8.68. The number of nitrogens with zero attached hydrogens (tertiary/aromatic N) is 2. The van der Waals surface area contributed by atoms with E-state index in [1.54, 1.807) is 7.11 Å². The van der Waals surface area contributed by atoms with Gasteiger partial charge in [-0.2, -0.15) is 0 Å². The van der Waals surface area contributed by atoms with Crippen molar-refractivity contribution >= 4 is 5.91 Å². The van der Waals surface area contributed by atoms with Crippen molar-refractivity contribution in [2.75, 3.05) is 53.0 Å². The molecule has 138 valence electrons. The van der Waals surface area contributed by atoms with Gasteiger partial charge in [0.2, 0.25) is 5.91 Å². The molecule has 25 heavy (non-hydrogen) atoms. The quantitative estimate of drug-likeness (QED) is 0.821. The fourth-order valence-electron chi connectivity index (χ4n) is 3.89. The molecule has 3 rings (SSSR count). The van der Waals surface area contributed by atoms with Crippen molar-refractivity contribution in [1.82, 2.24) is 9.80 Å². The second-order valence-corrected chi connectivity index (χ2v) is 7.21. The van der Waals surface area contributed by atoms with E-state index in [4.69, 9.17) is 9.47 Å². The van der Waals surface area contributed by atoms with Crippen LogP contribution in [0.5, 0.6) is 5.75 Å². The molecule has 5 heteroatoms. The van der Waals surface area contributed by atoms with E-state index in [1.165, 1.54) is 5.56 Å². The Bertz CT molecular complexity index is 555. The highest BCUT2D eigenvalue weighted by molar-refractivity contribution is 5.79. The maximum atomic E-state index is 12.8. The van der Waals surface area contributed by atoms with Crippen molar-refractivity contribution in [2.24, 2.45) is 5.92 Å². The van der Waals surface area contributed by atoms with E-state index in [1.807, 2.05) is 17.0 Å². The number of ether oxygens (including phenoxy) is 2. The van der Waals surface area contributed by atoms with Crippen molar-refractivity contribution in [3.8, 4) is 5.75 Å². The Kier molecular flexibility index (Phi) is 6.32. The molecule has 0 aliphatic carbocycles. The number of rotatable bonds is 5. The number of hydrogen-bond donors (Lipinski definition) is 0. The van der Waals surface area contributed by atoms with Crippen LogP contribution in [0.15, 0.2) is 24.3 Å². The number of benzene rings is 1. The van der Waals surface area contributed by atoms with Crippen LogP contribution in [0.1, 0.15) is 31.2 Å². The van der Waals surface area contributed by atoms with Crippen molar-refractivity contribution in [3.63, 3.8) is 0 Å². The third-order valence-electron chi connectivity index (χ3n) is 5.39. The monoisotopic (exact) mass is 346 g/mol. The summed E-state index contributed by atoms with van der Waals surface area (Å²) in [5.74, 6) is 1.81. The molecule has 0 saturated carbocycles. The fraction of sp³-hybridized carbons (Fsp3) is 0.650. The van der Waals surface area contributed by atoms with Gasteiger partial charge in [0.1, 0.15) is 5.75 Å². The number of morpholine rings is 1. The molecule has 0 unspecified atom stereocenters. The minimum Gasteiger partial charge on any atom is -0.497 e. The van der Waals surface area contributed by atoms with Gasteiger partial charge in [-0.05, 0) is 43.0 Å². The van der Waals surface area contributed by atoms with Crippen LogP contribution < -0.4 is 4.74 Å². The van der Waals surface area contributed by atoms with Crippen LogP contribution in [0.4, 0.5) is 0 Å². The van der Waals surface area contributed by atoms with Crippen molar-refractivity contribution < 1.29 is 14.3 Å². The molecular weight excluding hydrogens is 316 g/mol. The maximum Gasteiger partial charge on any atom is 0.227 e. The van der Waals surface area contributed by atoms with Gasteiger partial charge in [-0.3, -0.25) is 4.79 Å². The maximum absolute atomic E-state index is 12.8. The average molecular weight is 346 g/mol. The van der Waals surface area contributed by atoms with Gasteiger partial charge in [-0.15, -0.1) is 0 Å². The Labute approximate surface area is 150 Å². The molecule has 2 aliphatic rings. The lowest BCUT2D eigenvalue weighted by molar-refractivity contribution is -0.141. The summed E-state index contributed by atoms with van der Waals surface area (Å²) in [7, 11) is 1.69. The highest BCUT2D eigenvalue weighted by Gasteiger charge is 2.30. The molecule has 2 heterocycles. The van der Waals surface area contributed by atoms with Crippen LogP contribution in [-0.4, -0.2) is 68.8 Å². The number of hydrogen-bond acceptors (Lipinski definition) is 4. The van der Waals surface area contributed by atoms with Crippen LogP contribution >= 0.6 is 0 Å². The molecule has 2 fully saturated rings. The molecule has 1 amide bonds. The predicted octanol–water partition coefficient (Wildman–Crippen LogP) is 2.37. The van der Waals surface area contributed by atoms with E-state index in [0.717, 1.165) is 51.3 Å². The highest BCUT2D eigenvalue weighted by atomic mass is 16.5. The first-order chi connectivity index (χ1) is 12.2. The van der Waals surface area contributed by atoms with Gasteiger partial charge in [-0.1, -0.05) is 19.1 Å². The minimum atomic E-state index is 0.148. The molecule has 0 N–H and O–H groups in total. The topological polar surface area (TPSA) is 42.0 Å². The zero-order chi connectivity index (χ0) is 17.6. The van der Waals surface area contributed by atoms with Gasteiger partial charge in [0.05, 0.1) is 26.2 Å². The number of amides is 1. The fourth-order valence-corrected chi connectivity index (χ4v) is 3.89. The lowest BCUT2D eigenvalue weighted by Crippen LogP contribution is -2.48. The molecular formula is C20H30N2O3. The summed E-state index contributed by atoms with van der Waals surface area (Å²) in [6, 6.07) is 8.33. The molecule has 1 aromatic carbocycles. The van der Waals surface area contributed by atoms with E-state index < -0.39 is 0 Å². The van der Waals surface area contributed by atoms with Crippen LogP contribution in [0, 0.1) is 5.92 Å². The largest absolute Gasteiger partial charge is 0.497 e. The van der Waals surface area contributed by atoms with E-state index in [9.17, 15) is 4.79 Å². The molecule has 5 nitrogen and oxygen atoms in total.